The van der Waals surface area contributed by atoms with Gasteiger partial charge >= 0.3 is 0 Å². The highest BCUT2D eigenvalue weighted by Gasteiger charge is 2.29. The molecule has 0 fully saturated rings. The van der Waals surface area contributed by atoms with E-state index in [9.17, 15) is 13.6 Å². The number of hydrogen-bond acceptors (Lipinski definition) is 5. The summed E-state index contributed by atoms with van der Waals surface area (Å²) in [4.78, 5) is 21.7. The van der Waals surface area contributed by atoms with Crippen molar-refractivity contribution < 1.29 is 18.1 Å². The average Bonchev–Trinajstić information content (AvgIpc) is 3.15. The maximum atomic E-state index is 14.5. The summed E-state index contributed by atoms with van der Waals surface area (Å²) in [5.41, 5.74) is 1.67. The van der Waals surface area contributed by atoms with E-state index in [0.29, 0.717) is 22.5 Å². The monoisotopic (exact) mass is 392 g/mol. The number of para-hydroxylation sites is 1. The Balaban J connectivity index is 1.97. The second-order valence-electron chi connectivity index (χ2n) is 6.12. The molecule has 6 nitrogen and oxygen atoms in total. The van der Waals surface area contributed by atoms with Crippen molar-refractivity contribution in [1.29, 1.82) is 0 Å². The number of amides is 1. The fraction of sp³-hybridized carbons (Fsp3) is 0.0476. The highest BCUT2D eigenvalue weighted by molar-refractivity contribution is 6.03. The topological polar surface area (TPSA) is 72.1 Å². The standard InChI is InChI=1S/C21H14F2N4O2/c1-13(28)27(18-5-3-2-4-16(18)23)21-19(17-10-11-24-12-25-17)20(26-29-21)14-6-8-15(22)9-7-14/h2-12H,1H3. The SMILES string of the molecule is CC(=O)N(c1ccccc1F)c1onc(-c2ccc(F)cc2)c1-c1ccncn1. The summed E-state index contributed by atoms with van der Waals surface area (Å²) in [5, 5.41) is 4.08. The molecule has 2 aromatic heterocycles. The summed E-state index contributed by atoms with van der Waals surface area (Å²) in [6.45, 7) is 1.29. The number of carbonyl (C=O) groups is 1. The molecule has 0 aliphatic heterocycles. The number of carbonyl (C=O) groups excluding carboxylic acids is 1. The Hall–Kier alpha value is -3.94. The predicted octanol–water partition coefficient (Wildman–Crippen LogP) is 4.76. The second-order valence-corrected chi connectivity index (χ2v) is 6.12. The van der Waals surface area contributed by atoms with Crippen LogP contribution in [0.4, 0.5) is 20.4 Å². The van der Waals surface area contributed by atoms with Crippen LogP contribution in [-0.2, 0) is 4.79 Å². The molecule has 0 unspecified atom stereocenters. The third kappa shape index (κ3) is 3.47. The fourth-order valence-electron chi connectivity index (χ4n) is 2.96. The molecule has 2 aromatic carbocycles. The smallest absolute Gasteiger partial charge is 0.248 e. The lowest BCUT2D eigenvalue weighted by Gasteiger charge is -2.19. The first-order chi connectivity index (χ1) is 14.1. The first-order valence-electron chi connectivity index (χ1n) is 8.63. The third-order valence-corrected chi connectivity index (χ3v) is 4.24. The molecule has 0 atom stereocenters. The van der Waals surface area contributed by atoms with Crippen molar-refractivity contribution in [2.45, 2.75) is 6.92 Å². The summed E-state index contributed by atoms with van der Waals surface area (Å²) in [5.74, 6) is -1.48. The fourth-order valence-corrected chi connectivity index (χ4v) is 2.96. The van der Waals surface area contributed by atoms with E-state index in [1.807, 2.05) is 0 Å². The van der Waals surface area contributed by atoms with Gasteiger partial charge in [0.1, 0.15) is 23.7 Å². The van der Waals surface area contributed by atoms with Crippen molar-refractivity contribution in [2.24, 2.45) is 0 Å². The van der Waals surface area contributed by atoms with Gasteiger partial charge in [-0.2, -0.15) is 0 Å². The molecule has 0 radical (unpaired) electrons. The Kier molecular flexibility index (Phi) is 4.82. The van der Waals surface area contributed by atoms with Gasteiger partial charge in [-0.25, -0.2) is 23.6 Å². The molecular weight excluding hydrogens is 378 g/mol. The summed E-state index contributed by atoms with van der Waals surface area (Å²) < 4.78 is 33.3. The number of halogens is 2. The van der Waals surface area contributed by atoms with Crippen LogP contribution in [0.1, 0.15) is 6.92 Å². The first-order valence-corrected chi connectivity index (χ1v) is 8.63. The van der Waals surface area contributed by atoms with Crippen molar-refractivity contribution in [1.82, 2.24) is 15.1 Å². The molecule has 0 saturated heterocycles. The summed E-state index contributed by atoms with van der Waals surface area (Å²) >= 11 is 0. The van der Waals surface area contributed by atoms with E-state index in [1.165, 1.54) is 61.9 Å². The second kappa shape index (κ2) is 7.59. The van der Waals surface area contributed by atoms with Gasteiger partial charge in [0.15, 0.2) is 0 Å². The Morgan fingerprint density at radius 2 is 1.79 bits per heavy atom. The summed E-state index contributed by atoms with van der Waals surface area (Å²) in [6.07, 6.45) is 2.86. The molecule has 0 N–H and O–H groups in total. The zero-order chi connectivity index (χ0) is 20.4. The number of anilines is 2. The molecule has 2 heterocycles. The van der Waals surface area contributed by atoms with Gasteiger partial charge in [-0.3, -0.25) is 4.79 Å². The maximum Gasteiger partial charge on any atom is 0.248 e. The number of rotatable bonds is 4. The van der Waals surface area contributed by atoms with E-state index in [0.717, 1.165) is 4.90 Å². The highest BCUT2D eigenvalue weighted by atomic mass is 19.1. The minimum Gasteiger partial charge on any atom is -0.336 e. The van der Waals surface area contributed by atoms with Gasteiger partial charge in [-0.05, 0) is 42.5 Å². The normalized spacial score (nSPS) is 10.7. The van der Waals surface area contributed by atoms with Crippen LogP contribution >= 0.6 is 0 Å². The first kappa shape index (κ1) is 18.4. The average molecular weight is 392 g/mol. The molecule has 29 heavy (non-hydrogen) atoms. The number of hydrogen-bond donors (Lipinski definition) is 0. The van der Waals surface area contributed by atoms with Gasteiger partial charge in [0, 0.05) is 18.7 Å². The largest absolute Gasteiger partial charge is 0.336 e. The zero-order valence-electron chi connectivity index (χ0n) is 15.2. The number of nitrogens with zero attached hydrogens (tertiary/aromatic N) is 4. The summed E-state index contributed by atoms with van der Waals surface area (Å²) in [7, 11) is 0. The van der Waals surface area contributed by atoms with Crippen molar-refractivity contribution >= 4 is 17.5 Å². The van der Waals surface area contributed by atoms with Crippen LogP contribution in [0.5, 0.6) is 0 Å². The van der Waals surface area contributed by atoms with E-state index < -0.39 is 17.5 Å². The molecule has 0 aliphatic carbocycles. The van der Waals surface area contributed by atoms with E-state index in [4.69, 9.17) is 4.52 Å². The molecule has 8 heteroatoms. The number of aromatic nitrogens is 3. The molecule has 0 bridgehead atoms. The van der Waals surface area contributed by atoms with Crippen molar-refractivity contribution in [3.8, 4) is 22.5 Å². The van der Waals surface area contributed by atoms with Gasteiger partial charge in [0.2, 0.25) is 11.8 Å². The molecular formula is C21H14F2N4O2. The van der Waals surface area contributed by atoms with Crippen LogP contribution in [-0.4, -0.2) is 21.0 Å². The minimum absolute atomic E-state index is 0.000579. The lowest BCUT2D eigenvalue weighted by Crippen LogP contribution is -2.24. The molecule has 4 aromatic rings. The van der Waals surface area contributed by atoms with E-state index in [-0.39, 0.29) is 11.6 Å². The Morgan fingerprint density at radius 1 is 1.03 bits per heavy atom. The Morgan fingerprint density at radius 3 is 2.45 bits per heavy atom. The van der Waals surface area contributed by atoms with Crippen molar-refractivity contribution in [3.05, 3.63) is 78.8 Å². The van der Waals surface area contributed by atoms with Crippen LogP contribution in [0.3, 0.4) is 0 Å². The van der Waals surface area contributed by atoms with Crippen molar-refractivity contribution in [2.75, 3.05) is 4.90 Å². The van der Waals surface area contributed by atoms with Crippen molar-refractivity contribution in [3.63, 3.8) is 0 Å². The maximum absolute atomic E-state index is 14.5. The molecule has 144 valence electrons. The quantitative estimate of drug-likeness (QED) is 0.501. The lowest BCUT2D eigenvalue weighted by atomic mass is 10.0. The van der Waals surface area contributed by atoms with E-state index in [1.54, 1.807) is 12.1 Å². The van der Waals surface area contributed by atoms with Crippen LogP contribution in [0, 0.1) is 11.6 Å². The van der Waals surface area contributed by atoms with Gasteiger partial charge < -0.3 is 4.52 Å². The molecule has 0 saturated carbocycles. The van der Waals surface area contributed by atoms with E-state index in [2.05, 4.69) is 15.1 Å². The zero-order valence-corrected chi connectivity index (χ0v) is 15.2. The molecule has 4 rings (SSSR count). The minimum atomic E-state index is -0.601. The van der Waals surface area contributed by atoms with Crippen LogP contribution in [0.2, 0.25) is 0 Å². The van der Waals surface area contributed by atoms with Gasteiger partial charge in [0.05, 0.1) is 16.9 Å². The predicted molar refractivity (Wildman–Crippen MR) is 102 cm³/mol. The highest BCUT2D eigenvalue weighted by Crippen LogP contribution is 2.41. The van der Waals surface area contributed by atoms with Gasteiger partial charge in [0.25, 0.3) is 0 Å². The van der Waals surface area contributed by atoms with Gasteiger partial charge in [-0.15, -0.1) is 0 Å². The summed E-state index contributed by atoms with van der Waals surface area (Å²) in [6, 6.07) is 13.1. The lowest BCUT2D eigenvalue weighted by molar-refractivity contribution is -0.116. The molecule has 1 amide bonds. The number of benzene rings is 2. The Bertz CT molecular complexity index is 1160. The van der Waals surface area contributed by atoms with E-state index >= 15 is 0 Å². The van der Waals surface area contributed by atoms with Crippen LogP contribution < -0.4 is 4.90 Å². The van der Waals surface area contributed by atoms with Crippen LogP contribution in [0.15, 0.2) is 71.6 Å². The molecule has 0 aliphatic rings. The van der Waals surface area contributed by atoms with Crippen LogP contribution in [0.25, 0.3) is 22.5 Å². The Labute approximate surface area is 164 Å². The molecule has 0 spiro atoms. The third-order valence-electron chi connectivity index (χ3n) is 4.24. The van der Waals surface area contributed by atoms with Gasteiger partial charge in [-0.1, -0.05) is 17.3 Å².